The van der Waals surface area contributed by atoms with E-state index in [1.165, 1.54) is 0 Å². The Labute approximate surface area is 228 Å². The first-order chi connectivity index (χ1) is 16.5. The molecular formula is C26H19N2NaO5S. The summed E-state index contributed by atoms with van der Waals surface area (Å²) < 4.78 is 13.3. The number of hydrogen-bond donors (Lipinski definition) is 0. The van der Waals surface area contributed by atoms with Crippen molar-refractivity contribution >= 4 is 46.1 Å². The van der Waals surface area contributed by atoms with Crippen LogP contribution in [0.5, 0.6) is 0 Å². The number of nitrogens with zero attached hydrogens (tertiary/aromatic N) is 2. The van der Waals surface area contributed by atoms with Crippen molar-refractivity contribution in [1.29, 1.82) is 0 Å². The number of aromatic nitrogens is 2. The fourth-order valence-corrected chi connectivity index (χ4v) is 4.09. The van der Waals surface area contributed by atoms with Crippen molar-refractivity contribution in [2.75, 3.05) is 6.61 Å². The van der Waals surface area contributed by atoms with Crippen molar-refractivity contribution in [3.63, 3.8) is 0 Å². The summed E-state index contributed by atoms with van der Waals surface area (Å²) in [5, 5.41) is 12.3. The minimum atomic E-state index is -1.47. The Bertz CT molecular complexity index is 1400. The van der Waals surface area contributed by atoms with Gasteiger partial charge in [-0.05, 0) is 42.3 Å². The number of ether oxygens (including phenoxy) is 1. The molecule has 35 heavy (non-hydrogen) atoms. The molecule has 0 radical (unpaired) electrons. The topological polar surface area (TPSA) is 109 Å². The van der Waals surface area contributed by atoms with Crippen LogP contribution in [0.25, 0.3) is 16.6 Å². The van der Waals surface area contributed by atoms with Crippen LogP contribution in [-0.4, -0.2) is 33.1 Å². The van der Waals surface area contributed by atoms with Gasteiger partial charge in [-0.1, -0.05) is 48.5 Å². The van der Waals surface area contributed by atoms with Gasteiger partial charge in [-0.25, -0.2) is 4.79 Å². The summed E-state index contributed by atoms with van der Waals surface area (Å²) in [6.07, 6.45) is 0.0213. The van der Waals surface area contributed by atoms with Gasteiger partial charge in [-0.3, -0.25) is 4.79 Å². The van der Waals surface area contributed by atoms with E-state index in [0.29, 0.717) is 33.3 Å². The number of benzene rings is 3. The summed E-state index contributed by atoms with van der Waals surface area (Å²) in [6.45, 7) is 1.98. The summed E-state index contributed by atoms with van der Waals surface area (Å²) in [5.74, 6) is -2.35. The summed E-state index contributed by atoms with van der Waals surface area (Å²) in [7, 11) is 0. The average Bonchev–Trinajstić information content (AvgIpc) is 3.32. The molecule has 0 bridgehead atoms. The molecule has 170 valence electrons. The first-order valence-electron chi connectivity index (χ1n) is 10.5. The molecule has 1 aromatic heterocycles. The third-order valence-electron chi connectivity index (χ3n) is 5.20. The van der Waals surface area contributed by atoms with Gasteiger partial charge in [-0.2, -0.15) is 8.75 Å². The zero-order valence-corrected chi connectivity index (χ0v) is 22.0. The van der Waals surface area contributed by atoms with Gasteiger partial charge in [0.1, 0.15) is 11.0 Å². The molecule has 0 atom stereocenters. The van der Waals surface area contributed by atoms with Crippen LogP contribution in [0, 0.1) is 0 Å². The van der Waals surface area contributed by atoms with E-state index in [9.17, 15) is 19.5 Å². The largest absolute Gasteiger partial charge is 1.00 e. The minimum absolute atomic E-state index is 0. The van der Waals surface area contributed by atoms with Crippen molar-refractivity contribution in [3.8, 4) is 0 Å². The van der Waals surface area contributed by atoms with Gasteiger partial charge in [0.05, 0.1) is 29.9 Å². The molecule has 3 aromatic carbocycles. The van der Waals surface area contributed by atoms with Crippen LogP contribution in [0.3, 0.4) is 0 Å². The molecule has 0 aliphatic rings. The smallest absolute Gasteiger partial charge is 0.545 e. The fraction of sp³-hybridized carbons (Fsp3) is 0.115. The van der Waals surface area contributed by atoms with Crippen molar-refractivity contribution < 1.29 is 53.8 Å². The van der Waals surface area contributed by atoms with E-state index in [1.54, 1.807) is 79.7 Å². The summed E-state index contributed by atoms with van der Waals surface area (Å²) in [4.78, 5) is 37.8. The van der Waals surface area contributed by atoms with Gasteiger partial charge in [0.2, 0.25) is 0 Å². The van der Waals surface area contributed by atoms with Crippen molar-refractivity contribution in [3.05, 3.63) is 101 Å². The number of Topliss-reactive ketones (excluding diaryl/α,β-unsaturated/α-hetero) is 1. The Balaban J connectivity index is 0.00000342. The number of hydrogen-bond acceptors (Lipinski definition) is 8. The number of carbonyl (C=O) groups is 3. The van der Waals surface area contributed by atoms with Crippen LogP contribution >= 0.6 is 11.7 Å². The number of fused-ring (bicyclic) bond motifs is 1. The van der Waals surface area contributed by atoms with E-state index in [1.807, 2.05) is 0 Å². The molecule has 0 unspecified atom stereocenters. The summed E-state index contributed by atoms with van der Waals surface area (Å²) in [6, 6.07) is 19.8. The second-order valence-electron chi connectivity index (χ2n) is 7.40. The second-order valence-corrected chi connectivity index (χ2v) is 7.93. The molecule has 0 amide bonds. The van der Waals surface area contributed by atoms with Crippen LogP contribution in [-0.2, 0) is 16.0 Å². The molecule has 9 heteroatoms. The van der Waals surface area contributed by atoms with Crippen molar-refractivity contribution in [1.82, 2.24) is 8.75 Å². The maximum Gasteiger partial charge on any atom is 1.00 e. The molecule has 0 saturated heterocycles. The number of allylic oxidation sites excluding steroid dienone is 1. The molecular weight excluding hydrogens is 475 g/mol. The molecule has 0 saturated carbocycles. The fourth-order valence-electron chi connectivity index (χ4n) is 3.58. The number of ketones is 1. The number of carbonyl (C=O) groups excluding carboxylic acids is 3. The SMILES string of the molecule is CCOC(=O)c1ccc(CC(C(=O)c2ccccc2)=C(C(=O)[O-])c2ccc3nsnc3c2)cc1.[Na+]. The standard InChI is InChI=1S/C26H20N2O5S.Na/c1-2-33-26(32)18-10-8-16(9-11-18)14-20(24(29)17-6-4-3-5-7-17)23(25(30)31)19-12-13-21-22(15-19)28-34-27-21;/h3-13,15H,2,14H2,1H3,(H,30,31);/q;+1/p-1. The number of carboxylic acids is 1. The first kappa shape index (κ1) is 26.4. The van der Waals surface area contributed by atoms with Crippen LogP contribution in [0.15, 0.2) is 78.4 Å². The van der Waals surface area contributed by atoms with Gasteiger partial charge in [0.25, 0.3) is 0 Å². The number of esters is 1. The molecule has 0 fully saturated rings. The van der Waals surface area contributed by atoms with Crippen molar-refractivity contribution in [2.45, 2.75) is 13.3 Å². The predicted molar refractivity (Wildman–Crippen MR) is 126 cm³/mol. The number of rotatable bonds is 8. The molecule has 4 aromatic rings. The number of carboxylic acid groups (broad SMARTS) is 1. The maximum absolute atomic E-state index is 13.5. The molecule has 0 spiro atoms. The quantitative estimate of drug-likeness (QED) is 0.152. The van der Waals surface area contributed by atoms with Gasteiger partial charge in [-0.15, -0.1) is 0 Å². The van der Waals surface area contributed by atoms with E-state index in [2.05, 4.69) is 8.75 Å². The zero-order valence-electron chi connectivity index (χ0n) is 19.2. The molecule has 0 N–H and O–H groups in total. The van der Waals surface area contributed by atoms with E-state index in [0.717, 1.165) is 11.7 Å². The molecule has 4 rings (SSSR count). The Hall–Kier alpha value is -3.17. The third-order valence-corrected chi connectivity index (χ3v) is 5.76. The Morgan fingerprint density at radius 1 is 0.857 bits per heavy atom. The van der Waals surface area contributed by atoms with Crippen molar-refractivity contribution in [2.24, 2.45) is 0 Å². The van der Waals surface area contributed by atoms with Crippen LogP contribution in [0.4, 0.5) is 0 Å². The summed E-state index contributed by atoms with van der Waals surface area (Å²) in [5.41, 5.74) is 2.72. The molecule has 0 aliphatic carbocycles. The van der Waals surface area contributed by atoms with Gasteiger partial charge in [0.15, 0.2) is 5.78 Å². The average molecular weight is 495 g/mol. The Kier molecular flexibility index (Phi) is 9.06. The van der Waals surface area contributed by atoms with Crippen LogP contribution < -0.4 is 34.7 Å². The van der Waals surface area contributed by atoms with Gasteiger partial charge in [0, 0.05) is 23.1 Å². The molecule has 7 nitrogen and oxygen atoms in total. The van der Waals surface area contributed by atoms with E-state index in [4.69, 9.17) is 4.74 Å². The Morgan fingerprint density at radius 2 is 1.51 bits per heavy atom. The predicted octanol–water partition coefficient (Wildman–Crippen LogP) is 0.501. The van der Waals surface area contributed by atoms with Gasteiger partial charge < -0.3 is 14.6 Å². The zero-order chi connectivity index (χ0) is 24.1. The van der Waals surface area contributed by atoms with E-state index >= 15 is 0 Å². The second kappa shape index (κ2) is 12.0. The van der Waals surface area contributed by atoms with Crippen LogP contribution in [0.1, 0.15) is 38.8 Å². The maximum atomic E-state index is 13.5. The Morgan fingerprint density at radius 3 is 2.17 bits per heavy atom. The minimum Gasteiger partial charge on any atom is -0.545 e. The van der Waals surface area contributed by atoms with E-state index in [-0.39, 0.29) is 53.7 Å². The number of aliphatic carboxylic acids is 1. The van der Waals surface area contributed by atoms with E-state index < -0.39 is 17.7 Å². The first-order valence-corrected chi connectivity index (χ1v) is 11.2. The van der Waals surface area contributed by atoms with Gasteiger partial charge >= 0.3 is 35.5 Å². The summed E-state index contributed by atoms with van der Waals surface area (Å²) >= 11 is 1.02. The van der Waals surface area contributed by atoms with Crippen LogP contribution in [0.2, 0.25) is 0 Å². The third kappa shape index (κ3) is 6.10. The monoisotopic (exact) mass is 494 g/mol. The molecule has 1 heterocycles. The normalized spacial score (nSPS) is 11.3. The molecule has 0 aliphatic heterocycles.